The van der Waals surface area contributed by atoms with E-state index in [-0.39, 0.29) is 12.1 Å². The number of nitrogens with zero attached hydrogens (tertiary/aromatic N) is 2. The lowest BCUT2D eigenvalue weighted by Crippen LogP contribution is -2.34. The highest BCUT2D eigenvalue weighted by Crippen LogP contribution is 2.02. The molecule has 0 aliphatic carbocycles. The van der Waals surface area contributed by atoms with Gasteiger partial charge in [-0.1, -0.05) is 12.1 Å². The zero-order valence-electron chi connectivity index (χ0n) is 11.5. The number of hydrogen-bond donors (Lipinski definition) is 2. The molecular weight excluding hydrogens is 287 g/mol. The van der Waals surface area contributed by atoms with Crippen LogP contribution in [0.1, 0.15) is 15.9 Å². The first-order valence-electron chi connectivity index (χ1n) is 6.41. The Morgan fingerprint density at radius 1 is 1.27 bits per heavy atom. The molecule has 2 amide bonds. The molecule has 0 unspecified atom stereocenters. The van der Waals surface area contributed by atoms with Crippen LogP contribution in [-0.2, 0) is 4.79 Å². The van der Waals surface area contributed by atoms with Crippen molar-refractivity contribution in [3.05, 3.63) is 65.7 Å². The summed E-state index contributed by atoms with van der Waals surface area (Å²) in [5.74, 6) is -1.55. The van der Waals surface area contributed by atoms with Crippen molar-refractivity contribution < 1.29 is 14.0 Å². The molecule has 6 nitrogen and oxygen atoms in total. The van der Waals surface area contributed by atoms with Crippen LogP contribution in [0.3, 0.4) is 0 Å². The Morgan fingerprint density at radius 2 is 2.14 bits per heavy atom. The van der Waals surface area contributed by atoms with Crippen molar-refractivity contribution in [1.82, 2.24) is 15.7 Å². The molecule has 2 aromatic rings. The van der Waals surface area contributed by atoms with E-state index >= 15 is 0 Å². The van der Waals surface area contributed by atoms with Crippen LogP contribution in [0.25, 0.3) is 0 Å². The molecule has 2 rings (SSSR count). The molecule has 7 heteroatoms. The Balaban J connectivity index is 1.78. The number of halogens is 1. The minimum Gasteiger partial charge on any atom is -0.343 e. The molecular formula is C15H13FN4O2. The van der Waals surface area contributed by atoms with E-state index < -0.39 is 17.6 Å². The molecule has 1 heterocycles. The molecule has 2 N–H and O–H groups in total. The molecule has 1 aromatic carbocycles. The van der Waals surface area contributed by atoms with Crippen LogP contribution < -0.4 is 10.7 Å². The highest BCUT2D eigenvalue weighted by molar-refractivity contribution is 5.96. The Labute approximate surface area is 126 Å². The molecule has 0 aliphatic rings. The van der Waals surface area contributed by atoms with E-state index in [1.807, 2.05) is 0 Å². The second kappa shape index (κ2) is 7.63. The van der Waals surface area contributed by atoms with Crippen molar-refractivity contribution in [3.8, 4) is 0 Å². The lowest BCUT2D eigenvalue weighted by molar-refractivity contribution is -0.120. The summed E-state index contributed by atoms with van der Waals surface area (Å²) in [4.78, 5) is 27.1. The Morgan fingerprint density at radius 3 is 2.86 bits per heavy atom. The van der Waals surface area contributed by atoms with E-state index in [0.717, 1.165) is 11.6 Å². The summed E-state index contributed by atoms with van der Waals surface area (Å²) in [6.45, 7) is -0.264. The summed E-state index contributed by atoms with van der Waals surface area (Å²) in [7, 11) is 0. The van der Waals surface area contributed by atoms with Crippen LogP contribution in [-0.4, -0.2) is 29.6 Å². The fourth-order valence-electron chi connectivity index (χ4n) is 1.56. The van der Waals surface area contributed by atoms with Gasteiger partial charge in [0.25, 0.3) is 11.8 Å². The van der Waals surface area contributed by atoms with Crippen molar-refractivity contribution in [2.45, 2.75) is 0 Å². The van der Waals surface area contributed by atoms with Crippen molar-refractivity contribution >= 4 is 18.0 Å². The molecule has 0 atom stereocenters. The largest absolute Gasteiger partial charge is 0.343 e. The molecule has 0 radical (unpaired) electrons. The molecule has 0 fully saturated rings. The van der Waals surface area contributed by atoms with Gasteiger partial charge >= 0.3 is 0 Å². The molecule has 22 heavy (non-hydrogen) atoms. The van der Waals surface area contributed by atoms with Crippen LogP contribution in [0.15, 0.2) is 53.9 Å². The van der Waals surface area contributed by atoms with E-state index in [4.69, 9.17) is 0 Å². The van der Waals surface area contributed by atoms with Crippen molar-refractivity contribution in [3.63, 3.8) is 0 Å². The minimum absolute atomic E-state index is 0.145. The highest BCUT2D eigenvalue weighted by Gasteiger charge is 2.08. The van der Waals surface area contributed by atoms with Gasteiger partial charge in [-0.25, -0.2) is 9.82 Å². The summed E-state index contributed by atoms with van der Waals surface area (Å²) >= 11 is 0. The molecule has 0 spiro atoms. The summed E-state index contributed by atoms with van der Waals surface area (Å²) in [6.07, 6.45) is 4.64. The molecule has 0 saturated heterocycles. The topological polar surface area (TPSA) is 83.5 Å². The SMILES string of the molecule is O=C(CNC(=O)c1cccc(F)c1)N/N=C\c1cccnc1. The number of rotatable bonds is 5. The molecule has 1 aromatic heterocycles. The maximum Gasteiger partial charge on any atom is 0.259 e. The Hall–Kier alpha value is -3.09. The number of nitrogens with one attached hydrogen (secondary N) is 2. The molecule has 0 saturated carbocycles. The van der Waals surface area contributed by atoms with Gasteiger partial charge in [-0.2, -0.15) is 5.10 Å². The van der Waals surface area contributed by atoms with Crippen LogP contribution in [0.5, 0.6) is 0 Å². The first-order chi connectivity index (χ1) is 10.6. The Kier molecular flexibility index (Phi) is 5.31. The Bertz CT molecular complexity index is 689. The number of amides is 2. The maximum atomic E-state index is 13.0. The second-order valence-corrected chi connectivity index (χ2v) is 4.27. The third-order valence-corrected chi connectivity index (χ3v) is 2.58. The van der Waals surface area contributed by atoms with Gasteiger partial charge in [0.2, 0.25) is 0 Å². The van der Waals surface area contributed by atoms with Gasteiger partial charge in [0.15, 0.2) is 0 Å². The number of carbonyl (C=O) groups is 2. The lowest BCUT2D eigenvalue weighted by Gasteiger charge is -2.04. The highest BCUT2D eigenvalue weighted by atomic mass is 19.1. The summed E-state index contributed by atoms with van der Waals surface area (Å²) in [6, 6.07) is 8.71. The standard InChI is InChI=1S/C15H13FN4O2/c16-13-5-1-4-12(7-13)15(22)18-10-14(21)20-19-9-11-3-2-6-17-8-11/h1-9H,10H2,(H,18,22)(H,20,21)/b19-9-. The molecule has 0 aliphatic heterocycles. The second-order valence-electron chi connectivity index (χ2n) is 4.27. The van der Waals surface area contributed by atoms with Gasteiger partial charge < -0.3 is 5.32 Å². The van der Waals surface area contributed by atoms with Gasteiger partial charge in [-0.3, -0.25) is 14.6 Å². The average molecular weight is 300 g/mol. The van der Waals surface area contributed by atoms with Crippen molar-refractivity contribution in [1.29, 1.82) is 0 Å². The normalized spacial score (nSPS) is 10.4. The van der Waals surface area contributed by atoms with E-state index in [1.165, 1.54) is 24.4 Å². The third-order valence-electron chi connectivity index (χ3n) is 2.58. The van der Waals surface area contributed by atoms with Crippen LogP contribution in [0, 0.1) is 5.82 Å². The number of aromatic nitrogens is 1. The van der Waals surface area contributed by atoms with E-state index in [1.54, 1.807) is 24.5 Å². The van der Waals surface area contributed by atoms with Crippen molar-refractivity contribution in [2.75, 3.05) is 6.54 Å². The molecule has 0 bridgehead atoms. The number of hydrazone groups is 1. The van der Waals surface area contributed by atoms with Crippen LogP contribution in [0.4, 0.5) is 4.39 Å². The monoisotopic (exact) mass is 300 g/mol. The van der Waals surface area contributed by atoms with Gasteiger partial charge in [0.1, 0.15) is 5.82 Å². The molecule has 112 valence electrons. The lowest BCUT2D eigenvalue weighted by atomic mass is 10.2. The predicted octanol–water partition coefficient (Wildman–Crippen LogP) is 1.10. The number of hydrogen-bond acceptors (Lipinski definition) is 4. The van der Waals surface area contributed by atoms with Gasteiger partial charge in [-0.05, 0) is 24.3 Å². The first-order valence-corrected chi connectivity index (χ1v) is 6.41. The van der Waals surface area contributed by atoms with E-state index in [2.05, 4.69) is 20.8 Å². The fourth-order valence-corrected chi connectivity index (χ4v) is 1.56. The average Bonchev–Trinajstić information content (AvgIpc) is 2.53. The summed E-state index contributed by atoms with van der Waals surface area (Å²) < 4.78 is 13.0. The van der Waals surface area contributed by atoms with Crippen LogP contribution in [0.2, 0.25) is 0 Å². The predicted molar refractivity (Wildman–Crippen MR) is 78.7 cm³/mol. The number of pyridine rings is 1. The quantitative estimate of drug-likeness (QED) is 0.640. The zero-order chi connectivity index (χ0) is 15.8. The number of benzene rings is 1. The minimum atomic E-state index is -0.536. The smallest absolute Gasteiger partial charge is 0.259 e. The van der Waals surface area contributed by atoms with Gasteiger partial charge in [0.05, 0.1) is 12.8 Å². The van der Waals surface area contributed by atoms with Crippen molar-refractivity contribution in [2.24, 2.45) is 5.10 Å². The summed E-state index contributed by atoms with van der Waals surface area (Å²) in [5.41, 5.74) is 3.14. The fraction of sp³-hybridized carbons (Fsp3) is 0.0667. The van der Waals surface area contributed by atoms with Gasteiger partial charge in [0, 0.05) is 23.5 Å². The number of carbonyl (C=O) groups excluding carboxylic acids is 2. The maximum absolute atomic E-state index is 13.0. The third kappa shape index (κ3) is 4.78. The van der Waals surface area contributed by atoms with E-state index in [9.17, 15) is 14.0 Å². The van der Waals surface area contributed by atoms with E-state index in [0.29, 0.717) is 0 Å². The summed E-state index contributed by atoms with van der Waals surface area (Å²) in [5, 5.41) is 6.10. The van der Waals surface area contributed by atoms with Gasteiger partial charge in [-0.15, -0.1) is 0 Å². The first kappa shape index (κ1) is 15.3. The zero-order valence-corrected chi connectivity index (χ0v) is 11.5. The van der Waals surface area contributed by atoms with Crippen LogP contribution >= 0.6 is 0 Å².